The first-order valence-corrected chi connectivity index (χ1v) is 7.38. The second kappa shape index (κ2) is 4.71. The second-order valence-corrected chi connectivity index (χ2v) is 8.34. The van der Waals surface area contributed by atoms with Crippen molar-refractivity contribution in [3.8, 4) is 0 Å². The molecule has 0 aliphatic carbocycles. The van der Waals surface area contributed by atoms with E-state index in [2.05, 4.69) is 6.58 Å². The summed E-state index contributed by atoms with van der Waals surface area (Å²) in [5.74, 6) is 0.156. The molecule has 1 saturated heterocycles. The van der Waals surface area contributed by atoms with Crippen LogP contribution in [0, 0.1) is 5.92 Å². The topological polar surface area (TPSA) is 57.6 Å². The van der Waals surface area contributed by atoms with Crippen LogP contribution in [0.3, 0.4) is 0 Å². The fraction of sp³-hybridized carbons (Fsp3) is 0.833. The quantitative estimate of drug-likeness (QED) is 0.781. The molecule has 1 rings (SSSR count). The minimum atomic E-state index is -3.35. The van der Waals surface area contributed by atoms with Gasteiger partial charge in [-0.2, -0.15) is 4.31 Å². The maximum atomic E-state index is 12.4. The summed E-state index contributed by atoms with van der Waals surface area (Å²) in [6.45, 7) is 11.5. The molecular weight excluding hydrogens is 238 g/mol. The molecule has 0 bridgehead atoms. The van der Waals surface area contributed by atoms with E-state index < -0.39 is 14.8 Å². The van der Waals surface area contributed by atoms with Crippen LogP contribution in [0.4, 0.5) is 0 Å². The lowest BCUT2D eigenvalue weighted by Gasteiger charge is -2.31. The second-order valence-electron chi connectivity index (χ2n) is 5.69. The smallest absolute Gasteiger partial charge is 0.219 e. The number of rotatable bonds is 3. The first-order chi connectivity index (χ1) is 7.63. The highest BCUT2D eigenvalue weighted by atomic mass is 32.2. The molecule has 4 nitrogen and oxygen atoms in total. The van der Waals surface area contributed by atoms with Gasteiger partial charge in [0.15, 0.2) is 0 Å². The Morgan fingerprint density at radius 3 is 2.41 bits per heavy atom. The molecule has 0 spiro atoms. The molecule has 0 aromatic carbocycles. The van der Waals surface area contributed by atoms with Gasteiger partial charge in [0.25, 0.3) is 0 Å². The predicted molar refractivity (Wildman–Crippen MR) is 69.2 cm³/mol. The summed E-state index contributed by atoms with van der Waals surface area (Å²) >= 11 is 0. The highest BCUT2D eigenvalue weighted by Crippen LogP contribution is 2.35. The molecule has 1 fully saturated rings. The molecule has 0 saturated carbocycles. The van der Waals surface area contributed by atoms with Gasteiger partial charge in [-0.05, 0) is 33.1 Å². The van der Waals surface area contributed by atoms with Gasteiger partial charge in [0.05, 0.1) is 4.75 Å². The molecule has 1 aliphatic heterocycles. The molecule has 0 aromatic rings. The highest BCUT2D eigenvalue weighted by molar-refractivity contribution is 7.90. The van der Waals surface area contributed by atoms with Crippen molar-refractivity contribution in [1.29, 1.82) is 0 Å². The Morgan fingerprint density at radius 2 is 2.00 bits per heavy atom. The summed E-state index contributed by atoms with van der Waals surface area (Å²) in [7, 11) is -3.35. The van der Waals surface area contributed by atoms with E-state index in [4.69, 9.17) is 5.11 Å². The van der Waals surface area contributed by atoms with E-state index >= 15 is 0 Å². The molecule has 0 radical (unpaired) electrons. The fourth-order valence-electron chi connectivity index (χ4n) is 2.10. The monoisotopic (exact) mass is 261 g/mol. The van der Waals surface area contributed by atoms with E-state index in [9.17, 15) is 8.42 Å². The van der Waals surface area contributed by atoms with Crippen LogP contribution < -0.4 is 0 Å². The van der Waals surface area contributed by atoms with Crippen LogP contribution in [0.25, 0.3) is 0 Å². The van der Waals surface area contributed by atoms with Crippen LogP contribution in [-0.4, -0.2) is 41.8 Å². The van der Waals surface area contributed by atoms with Crippen molar-refractivity contribution in [2.24, 2.45) is 5.92 Å². The summed E-state index contributed by atoms with van der Waals surface area (Å²) in [5, 5.41) is 9.05. The Bertz CT molecular complexity index is 394. The van der Waals surface area contributed by atoms with E-state index in [1.165, 1.54) is 4.31 Å². The zero-order valence-electron chi connectivity index (χ0n) is 11.1. The summed E-state index contributed by atoms with van der Waals surface area (Å²) in [4.78, 5) is 0. The third-order valence-corrected chi connectivity index (χ3v) is 5.92. The van der Waals surface area contributed by atoms with Gasteiger partial charge in [0.1, 0.15) is 0 Å². The van der Waals surface area contributed by atoms with Crippen molar-refractivity contribution in [3.05, 3.63) is 12.2 Å². The molecular formula is C12H23NO3S. The van der Waals surface area contributed by atoms with Crippen molar-refractivity contribution in [2.45, 2.75) is 44.9 Å². The zero-order chi connectivity index (χ0) is 13.4. The molecule has 5 heteroatoms. The van der Waals surface area contributed by atoms with Crippen LogP contribution in [0.15, 0.2) is 12.2 Å². The first kappa shape index (κ1) is 14.7. The summed E-state index contributed by atoms with van der Waals surface area (Å²) in [5.41, 5.74) is 0.909. The van der Waals surface area contributed by atoms with Crippen LogP contribution >= 0.6 is 0 Å². The maximum Gasteiger partial charge on any atom is 0.219 e. The van der Waals surface area contributed by atoms with Gasteiger partial charge in [-0.15, -0.1) is 0 Å². The Hall–Kier alpha value is -0.390. The SMILES string of the molecule is C=C1[C@@H](CCO)N(S(=O)(=O)C(C)(C)C)C[C@@H]1C. The van der Waals surface area contributed by atoms with Crippen molar-refractivity contribution in [3.63, 3.8) is 0 Å². The molecule has 2 atom stereocenters. The van der Waals surface area contributed by atoms with E-state index in [1.807, 2.05) is 6.92 Å². The van der Waals surface area contributed by atoms with Crippen LogP contribution in [0.5, 0.6) is 0 Å². The van der Waals surface area contributed by atoms with Gasteiger partial charge in [-0.25, -0.2) is 8.42 Å². The summed E-state index contributed by atoms with van der Waals surface area (Å²) < 4.78 is 25.6. The van der Waals surface area contributed by atoms with Crippen LogP contribution in [0.2, 0.25) is 0 Å². The Labute approximate surface area is 104 Å². The molecule has 1 heterocycles. The molecule has 1 aliphatic rings. The number of hydrogen-bond donors (Lipinski definition) is 1. The molecule has 0 amide bonds. The molecule has 0 unspecified atom stereocenters. The van der Waals surface area contributed by atoms with Crippen molar-refractivity contribution >= 4 is 10.0 Å². The minimum absolute atomic E-state index is 0.0213. The molecule has 0 aromatic heterocycles. The number of aliphatic hydroxyl groups is 1. The van der Waals surface area contributed by atoms with E-state index in [1.54, 1.807) is 20.8 Å². The normalized spacial score (nSPS) is 27.7. The molecule has 1 N–H and O–H groups in total. The van der Waals surface area contributed by atoms with Gasteiger partial charge in [-0.1, -0.05) is 19.1 Å². The minimum Gasteiger partial charge on any atom is -0.396 e. The Balaban J connectivity index is 3.09. The van der Waals surface area contributed by atoms with Gasteiger partial charge in [0, 0.05) is 19.2 Å². The van der Waals surface area contributed by atoms with E-state index in [-0.39, 0.29) is 18.6 Å². The number of nitrogens with zero attached hydrogens (tertiary/aromatic N) is 1. The van der Waals surface area contributed by atoms with E-state index in [0.717, 1.165) is 5.57 Å². The van der Waals surface area contributed by atoms with Crippen molar-refractivity contribution in [2.75, 3.05) is 13.2 Å². The number of hydrogen-bond acceptors (Lipinski definition) is 3. The van der Waals surface area contributed by atoms with Gasteiger partial charge in [0.2, 0.25) is 10.0 Å². The third kappa shape index (κ3) is 2.56. The van der Waals surface area contributed by atoms with Crippen molar-refractivity contribution < 1.29 is 13.5 Å². The molecule has 100 valence electrons. The van der Waals surface area contributed by atoms with Crippen LogP contribution in [0.1, 0.15) is 34.1 Å². The average molecular weight is 261 g/mol. The van der Waals surface area contributed by atoms with Crippen molar-refractivity contribution in [1.82, 2.24) is 4.31 Å². The van der Waals surface area contributed by atoms with Gasteiger partial charge < -0.3 is 5.11 Å². The standard InChI is InChI=1S/C12H23NO3S/c1-9-8-13(11(6-7-14)10(9)2)17(15,16)12(3,4)5/h9,11,14H,2,6-8H2,1,3-5H3/t9-,11+/m0/s1. The highest BCUT2D eigenvalue weighted by Gasteiger charge is 2.44. The number of sulfonamides is 1. The van der Waals surface area contributed by atoms with Crippen LogP contribution in [-0.2, 0) is 10.0 Å². The largest absolute Gasteiger partial charge is 0.396 e. The lowest BCUT2D eigenvalue weighted by Crippen LogP contribution is -2.45. The Kier molecular flexibility index (Phi) is 4.06. The average Bonchev–Trinajstić information content (AvgIpc) is 2.45. The van der Waals surface area contributed by atoms with Gasteiger partial charge in [-0.3, -0.25) is 0 Å². The Morgan fingerprint density at radius 1 is 1.47 bits per heavy atom. The summed E-state index contributed by atoms with van der Waals surface area (Å²) in [6.07, 6.45) is 0.429. The zero-order valence-corrected chi connectivity index (χ0v) is 11.9. The lowest BCUT2D eigenvalue weighted by atomic mass is 10.0. The lowest BCUT2D eigenvalue weighted by molar-refractivity contribution is 0.254. The molecule has 17 heavy (non-hydrogen) atoms. The first-order valence-electron chi connectivity index (χ1n) is 5.94. The summed E-state index contributed by atoms with van der Waals surface area (Å²) in [6, 6.07) is -0.251. The fourth-order valence-corrected chi connectivity index (χ4v) is 3.80. The maximum absolute atomic E-state index is 12.4. The van der Waals surface area contributed by atoms with Gasteiger partial charge >= 0.3 is 0 Å². The third-order valence-electron chi connectivity index (χ3n) is 3.35. The van der Waals surface area contributed by atoms with E-state index in [0.29, 0.717) is 13.0 Å². The number of aliphatic hydroxyl groups excluding tert-OH is 1. The predicted octanol–water partition coefficient (Wildman–Crippen LogP) is 1.37.